The number of benzene rings is 2. The van der Waals surface area contributed by atoms with Crippen LogP contribution in [-0.2, 0) is 9.53 Å². The minimum Gasteiger partial charge on any atom is -0.469 e. The number of hydrogen-bond acceptors (Lipinski definition) is 6. The SMILES string of the molecule is COC(=O)CCCC(=S)N1CCC(c2nc(C(=O)Nc3ccccc3-c3ccc(Cl)cc3)cs2)CC1. The number of carbonyl (C=O) groups is 2. The first-order chi connectivity index (χ1) is 17.4. The Morgan fingerprint density at radius 1 is 1.14 bits per heavy atom. The molecule has 0 spiro atoms. The van der Waals surface area contributed by atoms with E-state index in [1.165, 1.54) is 18.4 Å². The molecule has 0 bridgehead atoms. The van der Waals surface area contributed by atoms with Gasteiger partial charge in [0.25, 0.3) is 5.91 Å². The lowest BCUT2D eigenvalue weighted by atomic mass is 9.97. The fourth-order valence-electron chi connectivity index (χ4n) is 4.26. The maximum atomic E-state index is 13.0. The van der Waals surface area contributed by atoms with Crippen molar-refractivity contribution in [3.05, 3.63) is 69.6 Å². The van der Waals surface area contributed by atoms with Gasteiger partial charge in [-0.3, -0.25) is 9.59 Å². The highest BCUT2D eigenvalue weighted by atomic mass is 35.5. The summed E-state index contributed by atoms with van der Waals surface area (Å²) in [6, 6.07) is 15.2. The Kier molecular flexibility index (Phi) is 9.07. The predicted molar refractivity (Wildman–Crippen MR) is 149 cm³/mol. The standard InChI is InChI=1S/C27H28ClN3O3S2/c1-34-25(32)8-4-7-24(35)31-15-13-19(14-16-31)27-30-23(17-36-27)26(33)29-22-6-3-2-5-21(22)18-9-11-20(28)12-10-18/h2-3,5-6,9-12,17,19H,4,7-8,13-16H2,1H3,(H,29,33). The van der Waals surface area contributed by atoms with Crippen LogP contribution in [0.3, 0.4) is 0 Å². The lowest BCUT2D eigenvalue weighted by Gasteiger charge is -2.33. The molecule has 0 radical (unpaired) electrons. The lowest BCUT2D eigenvalue weighted by Crippen LogP contribution is -2.36. The van der Waals surface area contributed by atoms with Crippen molar-refractivity contribution < 1.29 is 14.3 Å². The van der Waals surface area contributed by atoms with E-state index in [4.69, 9.17) is 23.8 Å². The molecule has 1 N–H and O–H groups in total. The summed E-state index contributed by atoms with van der Waals surface area (Å²) >= 11 is 13.1. The van der Waals surface area contributed by atoms with Crippen molar-refractivity contribution in [2.24, 2.45) is 0 Å². The van der Waals surface area contributed by atoms with Crippen molar-refractivity contribution in [2.75, 3.05) is 25.5 Å². The number of thiocarbonyl (C=S) groups is 1. The number of esters is 1. The maximum Gasteiger partial charge on any atom is 0.305 e. The van der Waals surface area contributed by atoms with Crippen LogP contribution in [0.5, 0.6) is 0 Å². The van der Waals surface area contributed by atoms with Gasteiger partial charge in [0.1, 0.15) is 5.69 Å². The first-order valence-corrected chi connectivity index (χ1v) is 13.6. The topological polar surface area (TPSA) is 71.5 Å². The second-order valence-electron chi connectivity index (χ2n) is 8.66. The predicted octanol–water partition coefficient (Wildman–Crippen LogP) is 6.57. The van der Waals surface area contributed by atoms with Crippen LogP contribution in [-0.4, -0.2) is 46.9 Å². The Morgan fingerprint density at radius 3 is 2.58 bits per heavy atom. The van der Waals surface area contributed by atoms with Gasteiger partial charge in [-0.2, -0.15) is 0 Å². The number of piperidine rings is 1. The molecule has 1 amide bonds. The van der Waals surface area contributed by atoms with Gasteiger partial charge in [0.15, 0.2) is 0 Å². The van der Waals surface area contributed by atoms with Crippen LogP contribution < -0.4 is 5.32 Å². The average Bonchev–Trinajstić information content (AvgIpc) is 3.40. The van der Waals surface area contributed by atoms with Crippen molar-refractivity contribution in [3.63, 3.8) is 0 Å². The molecular weight excluding hydrogens is 514 g/mol. The number of rotatable bonds is 8. The number of amides is 1. The normalized spacial score (nSPS) is 13.9. The first-order valence-electron chi connectivity index (χ1n) is 11.9. The summed E-state index contributed by atoms with van der Waals surface area (Å²) in [5.41, 5.74) is 3.06. The van der Waals surface area contributed by atoms with E-state index in [2.05, 4.69) is 19.9 Å². The van der Waals surface area contributed by atoms with E-state index in [-0.39, 0.29) is 11.9 Å². The molecule has 1 aliphatic rings. The van der Waals surface area contributed by atoms with Gasteiger partial charge in [-0.25, -0.2) is 4.98 Å². The van der Waals surface area contributed by atoms with E-state index >= 15 is 0 Å². The second-order valence-corrected chi connectivity index (χ2v) is 10.5. The van der Waals surface area contributed by atoms with Gasteiger partial charge in [0.2, 0.25) is 0 Å². The molecule has 0 aliphatic carbocycles. The van der Waals surface area contributed by atoms with Gasteiger partial charge in [-0.05, 0) is 49.4 Å². The Bertz CT molecular complexity index is 1220. The molecule has 1 aromatic heterocycles. The molecule has 2 aromatic carbocycles. The largest absolute Gasteiger partial charge is 0.469 e. The zero-order chi connectivity index (χ0) is 25.5. The van der Waals surface area contributed by atoms with Crippen molar-refractivity contribution >= 4 is 57.7 Å². The van der Waals surface area contributed by atoms with Crippen LogP contribution in [0.25, 0.3) is 11.1 Å². The average molecular weight is 542 g/mol. The summed E-state index contributed by atoms with van der Waals surface area (Å²) in [4.78, 5) is 32.1. The smallest absolute Gasteiger partial charge is 0.305 e. The molecule has 4 rings (SSSR count). The summed E-state index contributed by atoms with van der Waals surface area (Å²) in [6.07, 6.45) is 3.68. The number of nitrogens with zero attached hydrogens (tertiary/aromatic N) is 2. The van der Waals surface area contributed by atoms with E-state index in [0.717, 1.165) is 52.7 Å². The number of anilines is 1. The van der Waals surface area contributed by atoms with Crippen molar-refractivity contribution in [2.45, 2.75) is 38.0 Å². The summed E-state index contributed by atoms with van der Waals surface area (Å²) in [7, 11) is 1.40. The first kappa shape index (κ1) is 26.3. The maximum absolute atomic E-state index is 13.0. The molecule has 3 aromatic rings. The molecule has 1 fully saturated rings. The summed E-state index contributed by atoms with van der Waals surface area (Å²) in [6.45, 7) is 1.72. The van der Waals surface area contributed by atoms with Crippen molar-refractivity contribution in [1.82, 2.24) is 9.88 Å². The summed E-state index contributed by atoms with van der Waals surface area (Å²) in [5, 5.41) is 6.51. The van der Waals surface area contributed by atoms with Gasteiger partial charge in [-0.15, -0.1) is 11.3 Å². The van der Waals surface area contributed by atoms with Crippen LogP contribution in [0.15, 0.2) is 53.9 Å². The van der Waals surface area contributed by atoms with Crippen LogP contribution in [0.1, 0.15) is 53.5 Å². The van der Waals surface area contributed by atoms with E-state index in [0.29, 0.717) is 35.9 Å². The number of carbonyl (C=O) groups excluding carboxylic acids is 2. The third-order valence-corrected chi connectivity index (χ3v) is 8.00. The molecule has 36 heavy (non-hydrogen) atoms. The minimum atomic E-state index is -0.219. The molecule has 9 heteroatoms. The Labute approximate surface area is 225 Å². The minimum absolute atomic E-state index is 0.200. The highest BCUT2D eigenvalue weighted by Gasteiger charge is 2.25. The number of para-hydroxylation sites is 1. The van der Waals surface area contributed by atoms with E-state index < -0.39 is 0 Å². The number of hydrogen-bond donors (Lipinski definition) is 1. The van der Waals surface area contributed by atoms with Gasteiger partial charge in [-0.1, -0.05) is 54.2 Å². The van der Waals surface area contributed by atoms with Crippen molar-refractivity contribution in [1.29, 1.82) is 0 Å². The number of halogens is 1. The lowest BCUT2D eigenvalue weighted by molar-refractivity contribution is -0.140. The van der Waals surface area contributed by atoms with Crippen LogP contribution in [0.4, 0.5) is 5.69 Å². The van der Waals surface area contributed by atoms with Crippen LogP contribution in [0, 0.1) is 0 Å². The Hall–Kier alpha value is -2.81. The van der Waals surface area contributed by atoms with Gasteiger partial charge >= 0.3 is 5.97 Å². The molecule has 1 saturated heterocycles. The number of aromatic nitrogens is 1. The molecule has 188 valence electrons. The molecular formula is C27H28ClN3O3S2. The molecule has 0 atom stereocenters. The third kappa shape index (κ3) is 6.69. The van der Waals surface area contributed by atoms with Gasteiger partial charge < -0.3 is 15.0 Å². The van der Waals surface area contributed by atoms with E-state index in [9.17, 15) is 9.59 Å². The number of methoxy groups -OCH3 is 1. The van der Waals surface area contributed by atoms with Crippen LogP contribution >= 0.6 is 35.2 Å². The zero-order valence-corrected chi connectivity index (χ0v) is 22.4. The second kappa shape index (κ2) is 12.4. The highest BCUT2D eigenvalue weighted by molar-refractivity contribution is 7.80. The molecule has 0 unspecified atom stereocenters. The number of thiazole rings is 1. The fourth-order valence-corrected chi connectivity index (χ4v) is 5.68. The number of ether oxygens (including phenoxy) is 1. The van der Waals surface area contributed by atoms with Gasteiger partial charge in [0, 0.05) is 47.1 Å². The monoisotopic (exact) mass is 541 g/mol. The van der Waals surface area contributed by atoms with Crippen molar-refractivity contribution in [3.8, 4) is 11.1 Å². The third-order valence-electron chi connectivity index (χ3n) is 6.28. The fraction of sp³-hybridized carbons (Fsp3) is 0.333. The summed E-state index contributed by atoms with van der Waals surface area (Å²) in [5.74, 6) is -0.108. The summed E-state index contributed by atoms with van der Waals surface area (Å²) < 4.78 is 4.69. The Balaban J connectivity index is 1.33. The number of likely N-dealkylation sites (tertiary alicyclic amines) is 1. The number of nitrogens with one attached hydrogen (secondary N) is 1. The van der Waals surface area contributed by atoms with E-state index in [1.54, 1.807) is 0 Å². The van der Waals surface area contributed by atoms with E-state index in [1.807, 2.05) is 53.9 Å². The zero-order valence-electron chi connectivity index (χ0n) is 20.0. The molecule has 1 aliphatic heterocycles. The molecule has 2 heterocycles. The van der Waals surface area contributed by atoms with Crippen LogP contribution in [0.2, 0.25) is 5.02 Å². The van der Waals surface area contributed by atoms with Gasteiger partial charge in [0.05, 0.1) is 17.1 Å². The molecule has 6 nitrogen and oxygen atoms in total. The Morgan fingerprint density at radius 2 is 1.86 bits per heavy atom. The quantitative estimate of drug-likeness (QED) is 0.257. The molecule has 0 saturated carbocycles. The highest BCUT2D eigenvalue weighted by Crippen LogP contribution is 2.32.